The number of rotatable bonds is 4. The van der Waals surface area contributed by atoms with Gasteiger partial charge in [0, 0.05) is 13.1 Å². The number of carbonyl (C=O) groups excluding carboxylic acids is 1. The second-order valence-electron chi connectivity index (χ2n) is 5.33. The van der Waals surface area contributed by atoms with Gasteiger partial charge in [0.25, 0.3) is 0 Å². The van der Waals surface area contributed by atoms with Crippen LogP contribution in [0.3, 0.4) is 0 Å². The van der Waals surface area contributed by atoms with Crippen LogP contribution >= 0.6 is 0 Å². The molecule has 1 amide bonds. The van der Waals surface area contributed by atoms with Crippen molar-refractivity contribution >= 4 is 5.91 Å². The van der Waals surface area contributed by atoms with Crippen LogP contribution in [0.5, 0.6) is 0 Å². The maximum absolute atomic E-state index is 12.4. The van der Waals surface area contributed by atoms with Crippen LogP contribution < -0.4 is 5.73 Å². The fourth-order valence-electron chi connectivity index (χ4n) is 2.58. The number of fused-ring (bicyclic) bond motifs is 1. The Kier molecular flexibility index (Phi) is 3.96. The van der Waals surface area contributed by atoms with E-state index in [1.807, 2.05) is 22.8 Å². The zero-order valence-electron chi connectivity index (χ0n) is 11.9. The van der Waals surface area contributed by atoms with Gasteiger partial charge in [0.2, 0.25) is 5.91 Å². The molecule has 1 aliphatic heterocycles. The van der Waals surface area contributed by atoms with E-state index in [0.29, 0.717) is 19.5 Å². The number of hydrogen-bond acceptors (Lipinski definition) is 4. The second-order valence-corrected chi connectivity index (χ2v) is 5.33. The van der Waals surface area contributed by atoms with E-state index in [4.69, 9.17) is 5.73 Å². The molecule has 6 nitrogen and oxygen atoms in total. The minimum Gasteiger partial charge on any atom is -0.332 e. The zero-order chi connectivity index (χ0) is 14.7. The molecule has 2 heterocycles. The zero-order valence-corrected chi connectivity index (χ0v) is 11.9. The number of benzene rings is 1. The van der Waals surface area contributed by atoms with Crippen LogP contribution in [-0.2, 0) is 24.3 Å². The van der Waals surface area contributed by atoms with Gasteiger partial charge >= 0.3 is 0 Å². The van der Waals surface area contributed by atoms with Crippen molar-refractivity contribution in [3.8, 4) is 0 Å². The monoisotopic (exact) mass is 285 g/mol. The Balaban J connectivity index is 1.55. The highest BCUT2D eigenvalue weighted by molar-refractivity contribution is 5.81. The SMILES string of the molecule is N[C@@H](CCc1ccccc1)C(=O)N1CCn2cnnc2C1. The molecule has 0 bridgehead atoms. The van der Waals surface area contributed by atoms with Gasteiger partial charge in [0.05, 0.1) is 12.6 Å². The van der Waals surface area contributed by atoms with Gasteiger partial charge in [-0.1, -0.05) is 30.3 Å². The largest absolute Gasteiger partial charge is 0.332 e. The van der Waals surface area contributed by atoms with Gasteiger partial charge < -0.3 is 15.2 Å². The maximum Gasteiger partial charge on any atom is 0.239 e. The molecule has 0 unspecified atom stereocenters. The Hall–Kier alpha value is -2.21. The van der Waals surface area contributed by atoms with Crippen LogP contribution in [0.25, 0.3) is 0 Å². The summed E-state index contributed by atoms with van der Waals surface area (Å²) in [6.07, 6.45) is 3.18. The van der Waals surface area contributed by atoms with Crippen molar-refractivity contribution in [3.63, 3.8) is 0 Å². The van der Waals surface area contributed by atoms with Crippen LogP contribution in [0.1, 0.15) is 17.8 Å². The quantitative estimate of drug-likeness (QED) is 0.891. The molecule has 2 N–H and O–H groups in total. The number of aromatic nitrogens is 3. The van der Waals surface area contributed by atoms with Crippen molar-refractivity contribution in [1.29, 1.82) is 0 Å². The lowest BCUT2D eigenvalue weighted by molar-refractivity contribution is -0.134. The molecule has 3 rings (SSSR count). The molecule has 0 saturated heterocycles. The molecule has 0 fully saturated rings. The molecule has 21 heavy (non-hydrogen) atoms. The number of nitrogens with two attached hydrogens (primary N) is 1. The highest BCUT2D eigenvalue weighted by atomic mass is 16.2. The predicted octanol–water partition coefficient (Wildman–Crippen LogP) is 0.580. The lowest BCUT2D eigenvalue weighted by atomic mass is 10.0. The highest BCUT2D eigenvalue weighted by Crippen LogP contribution is 2.12. The first-order valence-corrected chi connectivity index (χ1v) is 7.19. The lowest BCUT2D eigenvalue weighted by Gasteiger charge is -2.29. The van der Waals surface area contributed by atoms with Gasteiger partial charge in [-0.05, 0) is 18.4 Å². The van der Waals surface area contributed by atoms with Gasteiger partial charge in [-0.3, -0.25) is 4.79 Å². The van der Waals surface area contributed by atoms with E-state index in [2.05, 4.69) is 22.3 Å². The molecule has 0 spiro atoms. The summed E-state index contributed by atoms with van der Waals surface area (Å²) in [5.74, 6) is 0.824. The smallest absolute Gasteiger partial charge is 0.239 e. The van der Waals surface area contributed by atoms with E-state index in [1.165, 1.54) is 5.56 Å². The summed E-state index contributed by atoms with van der Waals surface area (Å²) < 4.78 is 1.97. The molecule has 1 aromatic heterocycles. The first kappa shape index (κ1) is 13.8. The van der Waals surface area contributed by atoms with Crippen LogP contribution in [0.4, 0.5) is 0 Å². The van der Waals surface area contributed by atoms with E-state index in [1.54, 1.807) is 11.2 Å². The van der Waals surface area contributed by atoms with Gasteiger partial charge in [-0.2, -0.15) is 0 Å². The molecule has 0 aliphatic carbocycles. The number of nitrogens with zero attached hydrogens (tertiary/aromatic N) is 4. The topological polar surface area (TPSA) is 77.0 Å². The minimum absolute atomic E-state index is 0.000168. The van der Waals surface area contributed by atoms with Crippen molar-refractivity contribution in [1.82, 2.24) is 19.7 Å². The maximum atomic E-state index is 12.4. The fraction of sp³-hybridized carbons (Fsp3) is 0.400. The molecule has 0 radical (unpaired) electrons. The summed E-state index contributed by atoms with van der Waals surface area (Å²) in [7, 11) is 0. The van der Waals surface area contributed by atoms with Gasteiger partial charge in [0.15, 0.2) is 5.82 Å². The van der Waals surface area contributed by atoms with E-state index in [0.717, 1.165) is 18.8 Å². The van der Waals surface area contributed by atoms with Crippen molar-refractivity contribution < 1.29 is 4.79 Å². The Labute approximate surface area is 123 Å². The standard InChI is InChI=1S/C15H19N5O/c16-13(7-6-12-4-2-1-3-5-12)15(21)19-8-9-20-11-17-18-14(20)10-19/h1-5,11,13H,6-10,16H2/t13-/m0/s1. The summed E-state index contributed by atoms with van der Waals surface area (Å²) in [5.41, 5.74) is 7.26. The Bertz CT molecular complexity index is 610. The lowest BCUT2D eigenvalue weighted by Crippen LogP contribution is -2.47. The van der Waals surface area contributed by atoms with E-state index in [9.17, 15) is 4.79 Å². The minimum atomic E-state index is -0.459. The Morgan fingerprint density at radius 2 is 2.10 bits per heavy atom. The molecule has 1 atom stereocenters. The van der Waals surface area contributed by atoms with Crippen LogP contribution in [0.2, 0.25) is 0 Å². The third-order valence-electron chi connectivity index (χ3n) is 3.85. The summed E-state index contributed by atoms with van der Waals surface area (Å²) in [6.45, 7) is 1.90. The first-order chi connectivity index (χ1) is 10.2. The molecule has 2 aromatic rings. The fourth-order valence-corrected chi connectivity index (χ4v) is 2.58. The average Bonchev–Trinajstić information content (AvgIpc) is 3.00. The van der Waals surface area contributed by atoms with Crippen molar-refractivity contribution in [2.45, 2.75) is 32.0 Å². The third kappa shape index (κ3) is 3.11. The average molecular weight is 285 g/mol. The summed E-state index contributed by atoms with van der Waals surface area (Å²) >= 11 is 0. The van der Waals surface area contributed by atoms with Crippen LogP contribution in [0, 0.1) is 0 Å². The molecule has 110 valence electrons. The third-order valence-corrected chi connectivity index (χ3v) is 3.85. The van der Waals surface area contributed by atoms with Gasteiger partial charge in [-0.15, -0.1) is 10.2 Å². The number of carbonyl (C=O) groups is 1. The summed E-state index contributed by atoms with van der Waals surface area (Å²) in [5, 5.41) is 7.88. The molecule has 0 saturated carbocycles. The summed E-state index contributed by atoms with van der Waals surface area (Å²) in [6, 6.07) is 9.64. The van der Waals surface area contributed by atoms with E-state index in [-0.39, 0.29) is 5.91 Å². The Morgan fingerprint density at radius 3 is 2.90 bits per heavy atom. The van der Waals surface area contributed by atoms with Crippen molar-refractivity contribution in [2.75, 3.05) is 6.54 Å². The normalized spacial score (nSPS) is 15.6. The van der Waals surface area contributed by atoms with E-state index < -0.39 is 6.04 Å². The molecule has 1 aliphatic rings. The molecular formula is C15H19N5O. The number of hydrogen-bond donors (Lipinski definition) is 1. The van der Waals surface area contributed by atoms with Crippen LogP contribution in [0.15, 0.2) is 36.7 Å². The molecular weight excluding hydrogens is 266 g/mol. The predicted molar refractivity (Wildman–Crippen MR) is 78.2 cm³/mol. The van der Waals surface area contributed by atoms with Gasteiger partial charge in [0.1, 0.15) is 6.33 Å². The van der Waals surface area contributed by atoms with Crippen molar-refractivity contribution in [2.24, 2.45) is 5.73 Å². The number of aryl methyl sites for hydroxylation is 1. The molecule has 6 heteroatoms. The van der Waals surface area contributed by atoms with Crippen LogP contribution in [-0.4, -0.2) is 38.2 Å². The summed E-state index contributed by atoms with van der Waals surface area (Å²) in [4.78, 5) is 14.2. The van der Waals surface area contributed by atoms with Gasteiger partial charge in [-0.25, -0.2) is 0 Å². The second kappa shape index (κ2) is 6.05. The molecule has 1 aromatic carbocycles. The highest BCUT2D eigenvalue weighted by Gasteiger charge is 2.25. The number of amides is 1. The van der Waals surface area contributed by atoms with Crippen molar-refractivity contribution in [3.05, 3.63) is 48.0 Å². The van der Waals surface area contributed by atoms with E-state index >= 15 is 0 Å². The first-order valence-electron chi connectivity index (χ1n) is 7.19. The Morgan fingerprint density at radius 1 is 1.29 bits per heavy atom.